The second-order valence-electron chi connectivity index (χ2n) is 4.74. The van der Waals surface area contributed by atoms with Crippen molar-refractivity contribution in [2.45, 2.75) is 25.3 Å². The third-order valence-electron chi connectivity index (χ3n) is 3.45. The number of rotatable bonds is 2. The summed E-state index contributed by atoms with van der Waals surface area (Å²) in [5, 5.41) is 4.59. The summed E-state index contributed by atoms with van der Waals surface area (Å²) < 4.78 is 1.65. The Balaban J connectivity index is 1.91. The van der Waals surface area contributed by atoms with Gasteiger partial charge in [0.25, 0.3) is 0 Å². The van der Waals surface area contributed by atoms with E-state index < -0.39 is 0 Å². The Morgan fingerprint density at radius 2 is 2.00 bits per heavy atom. The van der Waals surface area contributed by atoms with Crippen LogP contribution in [-0.2, 0) is 6.42 Å². The number of fused-ring (bicyclic) bond motifs is 1. The molecule has 0 fully saturated rings. The molecule has 106 valence electrons. The molecule has 20 heavy (non-hydrogen) atoms. The van der Waals surface area contributed by atoms with E-state index in [1.54, 1.807) is 11.3 Å². The van der Waals surface area contributed by atoms with Crippen LogP contribution in [0, 0.1) is 0 Å². The molecule has 1 aromatic carbocycles. The van der Waals surface area contributed by atoms with Crippen LogP contribution in [0.5, 0.6) is 0 Å². The lowest BCUT2D eigenvalue weighted by atomic mass is 9.94. The Labute approximate surface area is 145 Å². The molecule has 3 rings (SSSR count). The summed E-state index contributed by atoms with van der Waals surface area (Å²) in [6.07, 6.45) is 3.34. The standard InChI is InChI=1S/C14H11BrCl3NS/c15-8-4-5-10(14(18)13(8)17)19-9-2-1-3-11-7(9)6-12(16)20-11/h4-6,9,19H,1-3H2. The van der Waals surface area contributed by atoms with E-state index in [1.807, 2.05) is 12.1 Å². The molecule has 1 aromatic heterocycles. The quantitative estimate of drug-likeness (QED) is 0.527. The first kappa shape index (κ1) is 15.0. The van der Waals surface area contributed by atoms with E-state index in [-0.39, 0.29) is 6.04 Å². The van der Waals surface area contributed by atoms with Crippen molar-refractivity contribution in [2.24, 2.45) is 0 Å². The van der Waals surface area contributed by atoms with E-state index >= 15 is 0 Å². The van der Waals surface area contributed by atoms with Crippen molar-refractivity contribution < 1.29 is 0 Å². The van der Waals surface area contributed by atoms with Crippen LogP contribution in [0.2, 0.25) is 14.4 Å². The number of benzene rings is 1. The minimum absolute atomic E-state index is 0.247. The van der Waals surface area contributed by atoms with Gasteiger partial charge >= 0.3 is 0 Å². The number of anilines is 1. The maximum atomic E-state index is 6.30. The number of halogens is 4. The molecule has 0 radical (unpaired) electrons. The molecule has 1 heterocycles. The highest BCUT2D eigenvalue weighted by atomic mass is 79.9. The fourth-order valence-electron chi connectivity index (χ4n) is 2.50. The SMILES string of the molecule is Clc1cc2c(s1)CCCC2Nc1ccc(Br)c(Cl)c1Cl. The molecule has 1 N–H and O–H groups in total. The predicted molar refractivity (Wildman–Crippen MR) is 92.8 cm³/mol. The average Bonchev–Trinajstić information content (AvgIpc) is 2.81. The van der Waals surface area contributed by atoms with Crippen LogP contribution in [0.15, 0.2) is 22.7 Å². The van der Waals surface area contributed by atoms with Gasteiger partial charge in [0, 0.05) is 9.35 Å². The molecule has 2 aromatic rings. The van der Waals surface area contributed by atoms with Crippen LogP contribution < -0.4 is 5.32 Å². The first-order valence-electron chi connectivity index (χ1n) is 6.24. The summed E-state index contributed by atoms with van der Waals surface area (Å²) in [6.45, 7) is 0. The maximum absolute atomic E-state index is 6.30. The van der Waals surface area contributed by atoms with Crippen molar-refractivity contribution in [3.8, 4) is 0 Å². The molecule has 1 nitrogen and oxygen atoms in total. The highest BCUT2D eigenvalue weighted by molar-refractivity contribution is 9.10. The molecular formula is C14H11BrCl3NS. The van der Waals surface area contributed by atoms with Crippen LogP contribution in [0.1, 0.15) is 29.3 Å². The zero-order valence-corrected chi connectivity index (χ0v) is 15.0. The summed E-state index contributed by atoms with van der Waals surface area (Å²) in [7, 11) is 0. The molecule has 0 spiro atoms. The zero-order valence-electron chi connectivity index (χ0n) is 10.4. The van der Waals surface area contributed by atoms with Crippen molar-refractivity contribution in [1.29, 1.82) is 0 Å². The van der Waals surface area contributed by atoms with Gasteiger partial charge in [-0.1, -0.05) is 34.8 Å². The Bertz CT molecular complexity index is 656. The van der Waals surface area contributed by atoms with Crippen LogP contribution >= 0.6 is 62.1 Å². The molecule has 6 heteroatoms. The van der Waals surface area contributed by atoms with Gasteiger partial charge < -0.3 is 5.32 Å². The van der Waals surface area contributed by atoms with E-state index in [0.29, 0.717) is 10.0 Å². The minimum Gasteiger partial charge on any atom is -0.377 e. The Morgan fingerprint density at radius 1 is 1.20 bits per heavy atom. The van der Waals surface area contributed by atoms with Crippen LogP contribution in [0.25, 0.3) is 0 Å². The van der Waals surface area contributed by atoms with Gasteiger partial charge in [-0.15, -0.1) is 11.3 Å². The molecular weight excluding hydrogens is 400 g/mol. The first-order chi connectivity index (χ1) is 9.56. The lowest BCUT2D eigenvalue weighted by molar-refractivity contribution is 0.609. The molecule has 1 aliphatic carbocycles. The van der Waals surface area contributed by atoms with Gasteiger partial charge in [0.2, 0.25) is 0 Å². The van der Waals surface area contributed by atoms with Gasteiger partial charge in [0.15, 0.2) is 0 Å². The largest absolute Gasteiger partial charge is 0.377 e. The summed E-state index contributed by atoms with van der Waals surface area (Å²) in [6, 6.07) is 6.16. The van der Waals surface area contributed by atoms with E-state index in [9.17, 15) is 0 Å². The van der Waals surface area contributed by atoms with E-state index in [2.05, 4.69) is 27.3 Å². The van der Waals surface area contributed by atoms with Crippen molar-refractivity contribution in [3.05, 3.63) is 47.5 Å². The molecule has 1 aliphatic rings. The monoisotopic (exact) mass is 409 g/mol. The Hall–Kier alpha value is 0.0700. The minimum atomic E-state index is 0.247. The van der Waals surface area contributed by atoms with E-state index in [1.165, 1.54) is 10.4 Å². The molecule has 1 atom stereocenters. The van der Waals surface area contributed by atoms with Crippen LogP contribution in [-0.4, -0.2) is 0 Å². The molecule has 0 aliphatic heterocycles. The number of thiophene rings is 1. The lowest BCUT2D eigenvalue weighted by Gasteiger charge is -2.25. The molecule has 1 unspecified atom stereocenters. The third kappa shape index (κ3) is 2.84. The summed E-state index contributed by atoms with van der Waals surface area (Å²) in [5.41, 5.74) is 2.15. The van der Waals surface area contributed by atoms with E-state index in [4.69, 9.17) is 34.8 Å². The normalized spacial score (nSPS) is 17.9. The van der Waals surface area contributed by atoms with Crippen LogP contribution in [0.3, 0.4) is 0 Å². The van der Waals surface area contributed by atoms with Crippen molar-refractivity contribution in [2.75, 3.05) is 5.32 Å². The van der Waals surface area contributed by atoms with Gasteiger partial charge in [0.05, 0.1) is 26.1 Å². The van der Waals surface area contributed by atoms with Crippen molar-refractivity contribution in [1.82, 2.24) is 0 Å². The molecule has 0 amide bonds. The Kier molecular flexibility index (Phi) is 4.54. The summed E-state index contributed by atoms with van der Waals surface area (Å²) in [5.74, 6) is 0. The summed E-state index contributed by atoms with van der Waals surface area (Å²) in [4.78, 5) is 1.37. The second-order valence-corrected chi connectivity index (χ2v) is 8.12. The van der Waals surface area contributed by atoms with Gasteiger partial charge in [0.1, 0.15) is 0 Å². The number of hydrogen-bond acceptors (Lipinski definition) is 2. The highest BCUT2D eigenvalue weighted by Gasteiger charge is 2.23. The number of aryl methyl sites for hydroxylation is 1. The first-order valence-corrected chi connectivity index (χ1v) is 8.98. The maximum Gasteiger partial charge on any atom is 0.0934 e. The molecule has 0 saturated carbocycles. The predicted octanol–water partition coefficient (Wildman–Crippen LogP) is 6.96. The summed E-state index contributed by atoms with van der Waals surface area (Å²) >= 11 is 23.7. The van der Waals surface area contributed by atoms with Gasteiger partial charge in [-0.25, -0.2) is 0 Å². The molecule has 0 bridgehead atoms. The molecule has 0 saturated heterocycles. The Morgan fingerprint density at radius 3 is 2.80 bits per heavy atom. The fraction of sp³-hybridized carbons (Fsp3) is 0.286. The second kappa shape index (κ2) is 6.05. The zero-order chi connectivity index (χ0) is 14.3. The highest BCUT2D eigenvalue weighted by Crippen LogP contribution is 2.42. The van der Waals surface area contributed by atoms with Crippen molar-refractivity contribution in [3.63, 3.8) is 0 Å². The third-order valence-corrected chi connectivity index (χ3v) is 6.56. The number of hydrogen-bond donors (Lipinski definition) is 1. The van der Waals surface area contributed by atoms with Crippen molar-refractivity contribution >= 4 is 67.8 Å². The smallest absolute Gasteiger partial charge is 0.0934 e. The average molecular weight is 412 g/mol. The van der Waals surface area contributed by atoms with Gasteiger partial charge in [-0.2, -0.15) is 0 Å². The fourth-order valence-corrected chi connectivity index (χ4v) is 4.71. The van der Waals surface area contributed by atoms with Gasteiger partial charge in [-0.3, -0.25) is 0 Å². The van der Waals surface area contributed by atoms with Gasteiger partial charge in [-0.05, 0) is 59.0 Å². The number of nitrogens with one attached hydrogen (secondary N) is 1. The van der Waals surface area contributed by atoms with Crippen LogP contribution in [0.4, 0.5) is 5.69 Å². The lowest BCUT2D eigenvalue weighted by Crippen LogP contribution is -2.15. The van der Waals surface area contributed by atoms with E-state index in [0.717, 1.165) is 33.8 Å². The topological polar surface area (TPSA) is 12.0 Å².